The van der Waals surface area contributed by atoms with Crippen molar-refractivity contribution in [2.75, 3.05) is 6.61 Å². The van der Waals surface area contributed by atoms with Crippen molar-refractivity contribution < 1.29 is 4.74 Å². The average Bonchev–Trinajstić information content (AvgIpc) is 2.09. The Kier molecular flexibility index (Phi) is 3.65. The maximum absolute atomic E-state index is 5.50. The summed E-state index contributed by atoms with van der Waals surface area (Å²) in [5.74, 6) is 0.981. The normalized spacial score (nSPS) is 9.83. The van der Waals surface area contributed by atoms with E-state index in [1.165, 1.54) is 12.0 Å². The molecular formula is C11H16O. The van der Waals surface area contributed by atoms with E-state index in [1.54, 1.807) is 0 Å². The fourth-order valence-corrected chi connectivity index (χ4v) is 0.969. The van der Waals surface area contributed by atoms with Crippen LogP contribution >= 0.6 is 0 Å². The SMILES string of the molecule is CCCCOc1ccc(C)cc1. The number of hydrogen-bond donors (Lipinski definition) is 0. The maximum Gasteiger partial charge on any atom is 0.119 e. The second-order valence-corrected chi connectivity index (χ2v) is 3.02. The van der Waals surface area contributed by atoms with Gasteiger partial charge in [0, 0.05) is 0 Å². The Labute approximate surface area is 74.4 Å². The van der Waals surface area contributed by atoms with Crippen molar-refractivity contribution in [3.63, 3.8) is 0 Å². The number of hydrogen-bond acceptors (Lipinski definition) is 1. The predicted molar refractivity (Wildman–Crippen MR) is 51.6 cm³/mol. The molecule has 0 aromatic heterocycles. The molecule has 1 nitrogen and oxygen atoms in total. The first-order valence-corrected chi connectivity index (χ1v) is 4.52. The second-order valence-electron chi connectivity index (χ2n) is 3.02. The summed E-state index contributed by atoms with van der Waals surface area (Å²) in [4.78, 5) is 0. The molecule has 0 fully saturated rings. The Balaban J connectivity index is 2.37. The van der Waals surface area contributed by atoms with Crippen molar-refractivity contribution in [1.82, 2.24) is 0 Å². The molecule has 0 spiro atoms. The largest absolute Gasteiger partial charge is 0.494 e. The summed E-state index contributed by atoms with van der Waals surface area (Å²) in [6.07, 6.45) is 2.32. The van der Waals surface area contributed by atoms with Crippen molar-refractivity contribution in [1.29, 1.82) is 0 Å². The molecule has 0 saturated carbocycles. The molecule has 0 aliphatic carbocycles. The van der Waals surface area contributed by atoms with Crippen LogP contribution in [0, 0.1) is 6.92 Å². The summed E-state index contributed by atoms with van der Waals surface area (Å²) in [6.45, 7) is 5.08. The molecule has 1 aromatic carbocycles. The first kappa shape index (κ1) is 9.11. The third-order valence-electron chi connectivity index (χ3n) is 1.79. The van der Waals surface area contributed by atoms with Crippen LogP contribution in [0.25, 0.3) is 0 Å². The van der Waals surface area contributed by atoms with Crippen LogP contribution < -0.4 is 4.74 Å². The minimum Gasteiger partial charge on any atom is -0.494 e. The van der Waals surface area contributed by atoms with E-state index in [-0.39, 0.29) is 0 Å². The van der Waals surface area contributed by atoms with Crippen molar-refractivity contribution in [2.24, 2.45) is 0 Å². The van der Waals surface area contributed by atoms with E-state index in [4.69, 9.17) is 4.74 Å². The summed E-state index contributed by atoms with van der Waals surface area (Å²) < 4.78 is 5.50. The van der Waals surface area contributed by atoms with Gasteiger partial charge in [0.05, 0.1) is 6.61 Å². The molecule has 0 saturated heterocycles. The van der Waals surface area contributed by atoms with Crippen molar-refractivity contribution in [2.45, 2.75) is 26.7 Å². The van der Waals surface area contributed by atoms with Gasteiger partial charge in [-0.15, -0.1) is 0 Å². The molecule has 66 valence electrons. The average molecular weight is 164 g/mol. The van der Waals surface area contributed by atoms with Crippen LogP contribution in [0.3, 0.4) is 0 Å². The first-order chi connectivity index (χ1) is 5.83. The standard InChI is InChI=1S/C11H16O/c1-3-4-9-12-11-7-5-10(2)6-8-11/h5-8H,3-4,9H2,1-2H3. The summed E-state index contributed by atoms with van der Waals surface area (Å²) in [7, 11) is 0. The van der Waals surface area contributed by atoms with Gasteiger partial charge in [-0.2, -0.15) is 0 Å². The van der Waals surface area contributed by atoms with E-state index in [0.29, 0.717) is 0 Å². The van der Waals surface area contributed by atoms with Gasteiger partial charge in [0.25, 0.3) is 0 Å². The third-order valence-corrected chi connectivity index (χ3v) is 1.79. The topological polar surface area (TPSA) is 9.23 Å². The highest BCUT2D eigenvalue weighted by atomic mass is 16.5. The molecule has 0 amide bonds. The van der Waals surface area contributed by atoms with Crippen molar-refractivity contribution in [3.8, 4) is 5.75 Å². The fourth-order valence-electron chi connectivity index (χ4n) is 0.969. The molecule has 0 N–H and O–H groups in total. The van der Waals surface area contributed by atoms with E-state index >= 15 is 0 Å². The van der Waals surface area contributed by atoms with Crippen LogP contribution in [-0.2, 0) is 0 Å². The first-order valence-electron chi connectivity index (χ1n) is 4.52. The molecule has 0 unspecified atom stereocenters. The smallest absolute Gasteiger partial charge is 0.119 e. The lowest BCUT2D eigenvalue weighted by molar-refractivity contribution is 0.309. The Bertz CT molecular complexity index is 213. The Hall–Kier alpha value is -0.980. The zero-order chi connectivity index (χ0) is 8.81. The van der Waals surface area contributed by atoms with E-state index in [9.17, 15) is 0 Å². The van der Waals surface area contributed by atoms with Crippen LogP contribution in [0.1, 0.15) is 25.3 Å². The molecule has 0 aliphatic rings. The van der Waals surface area contributed by atoms with E-state index < -0.39 is 0 Å². The van der Waals surface area contributed by atoms with Crippen LogP contribution in [0.2, 0.25) is 0 Å². The number of unbranched alkanes of at least 4 members (excludes halogenated alkanes) is 1. The Morgan fingerprint density at radius 1 is 1.17 bits per heavy atom. The molecule has 0 radical (unpaired) electrons. The Morgan fingerprint density at radius 2 is 1.83 bits per heavy atom. The lowest BCUT2D eigenvalue weighted by Crippen LogP contribution is -1.95. The van der Waals surface area contributed by atoms with Gasteiger partial charge >= 0.3 is 0 Å². The lowest BCUT2D eigenvalue weighted by atomic mass is 10.2. The van der Waals surface area contributed by atoms with E-state index in [1.807, 2.05) is 12.1 Å². The van der Waals surface area contributed by atoms with Crippen LogP contribution in [0.5, 0.6) is 5.75 Å². The molecular weight excluding hydrogens is 148 g/mol. The Morgan fingerprint density at radius 3 is 2.42 bits per heavy atom. The number of rotatable bonds is 4. The van der Waals surface area contributed by atoms with Crippen LogP contribution in [-0.4, -0.2) is 6.61 Å². The van der Waals surface area contributed by atoms with Gasteiger partial charge in [0.15, 0.2) is 0 Å². The quantitative estimate of drug-likeness (QED) is 0.621. The summed E-state index contributed by atoms with van der Waals surface area (Å²) in [6, 6.07) is 8.18. The van der Waals surface area contributed by atoms with Crippen LogP contribution in [0.15, 0.2) is 24.3 Å². The highest BCUT2D eigenvalue weighted by Crippen LogP contribution is 2.11. The predicted octanol–water partition coefficient (Wildman–Crippen LogP) is 3.17. The van der Waals surface area contributed by atoms with Gasteiger partial charge in [-0.25, -0.2) is 0 Å². The van der Waals surface area contributed by atoms with Gasteiger partial charge in [-0.3, -0.25) is 0 Å². The minimum atomic E-state index is 0.833. The van der Waals surface area contributed by atoms with Gasteiger partial charge in [0.2, 0.25) is 0 Å². The van der Waals surface area contributed by atoms with Gasteiger partial charge in [0.1, 0.15) is 5.75 Å². The second kappa shape index (κ2) is 4.81. The highest BCUT2D eigenvalue weighted by Gasteiger charge is 1.90. The van der Waals surface area contributed by atoms with Gasteiger partial charge in [-0.05, 0) is 25.5 Å². The number of aryl methyl sites for hydroxylation is 1. The zero-order valence-electron chi connectivity index (χ0n) is 7.84. The fraction of sp³-hybridized carbons (Fsp3) is 0.455. The zero-order valence-corrected chi connectivity index (χ0v) is 7.84. The third kappa shape index (κ3) is 2.95. The maximum atomic E-state index is 5.50. The van der Waals surface area contributed by atoms with E-state index in [0.717, 1.165) is 18.8 Å². The molecule has 1 heteroatoms. The lowest BCUT2D eigenvalue weighted by Gasteiger charge is -2.04. The molecule has 0 bridgehead atoms. The molecule has 1 aromatic rings. The molecule has 12 heavy (non-hydrogen) atoms. The summed E-state index contributed by atoms with van der Waals surface area (Å²) >= 11 is 0. The van der Waals surface area contributed by atoms with Gasteiger partial charge in [-0.1, -0.05) is 31.0 Å². The molecule has 0 heterocycles. The monoisotopic (exact) mass is 164 g/mol. The number of benzene rings is 1. The summed E-state index contributed by atoms with van der Waals surface area (Å²) in [5.41, 5.74) is 1.28. The van der Waals surface area contributed by atoms with Crippen LogP contribution in [0.4, 0.5) is 0 Å². The van der Waals surface area contributed by atoms with Gasteiger partial charge < -0.3 is 4.74 Å². The van der Waals surface area contributed by atoms with Crippen molar-refractivity contribution in [3.05, 3.63) is 29.8 Å². The highest BCUT2D eigenvalue weighted by molar-refractivity contribution is 5.26. The van der Waals surface area contributed by atoms with Crippen molar-refractivity contribution >= 4 is 0 Å². The molecule has 1 rings (SSSR count). The minimum absolute atomic E-state index is 0.833. The molecule has 0 atom stereocenters. The molecule has 0 aliphatic heterocycles. The van der Waals surface area contributed by atoms with E-state index in [2.05, 4.69) is 26.0 Å². The summed E-state index contributed by atoms with van der Waals surface area (Å²) in [5, 5.41) is 0. The number of ether oxygens (including phenoxy) is 1.